The molecule has 0 aliphatic heterocycles. The second-order valence-electron chi connectivity index (χ2n) is 4.29. The van der Waals surface area contributed by atoms with E-state index >= 15 is 0 Å². The van der Waals surface area contributed by atoms with Crippen LogP contribution in [0, 0.1) is 0 Å². The SMILES string of the molecule is NC(N)=Nc1ccc(CNCc2ccccc2)cc1. The van der Waals surface area contributed by atoms with Crippen LogP contribution in [0.5, 0.6) is 0 Å². The molecule has 0 fully saturated rings. The minimum Gasteiger partial charge on any atom is -0.370 e. The van der Waals surface area contributed by atoms with Gasteiger partial charge in [-0.3, -0.25) is 0 Å². The Morgan fingerprint density at radius 3 is 2.00 bits per heavy atom. The third-order valence-corrected chi connectivity index (χ3v) is 2.70. The maximum Gasteiger partial charge on any atom is 0.191 e. The Morgan fingerprint density at radius 1 is 0.842 bits per heavy atom. The first kappa shape index (κ1) is 13.1. The van der Waals surface area contributed by atoms with Crippen LogP contribution in [0.1, 0.15) is 11.1 Å². The van der Waals surface area contributed by atoms with Crippen molar-refractivity contribution in [1.82, 2.24) is 5.32 Å². The summed E-state index contributed by atoms with van der Waals surface area (Å²) in [6.07, 6.45) is 0. The van der Waals surface area contributed by atoms with Crippen LogP contribution in [0.3, 0.4) is 0 Å². The molecule has 4 heteroatoms. The molecule has 2 aromatic rings. The fraction of sp³-hybridized carbons (Fsp3) is 0.133. The Bertz CT molecular complexity index is 528. The summed E-state index contributed by atoms with van der Waals surface area (Å²) in [5.74, 6) is 0.0787. The molecule has 0 amide bonds. The number of aliphatic imine (C=N–C) groups is 1. The van der Waals surface area contributed by atoms with Crippen LogP contribution in [0.25, 0.3) is 0 Å². The van der Waals surface area contributed by atoms with Gasteiger partial charge in [-0.2, -0.15) is 0 Å². The van der Waals surface area contributed by atoms with Crippen LogP contribution < -0.4 is 16.8 Å². The molecule has 98 valence electrons. The Kier molecular flexibility index (Phi) is 4.53. The zero-order valence-electron chi connectivity index (χ0n) is 10.7. The third-order valence-electron chi connectivity index (χ3n) is 2.70. The fourth-order valence-electron chi connectivity index (χ4n) is 1.78. The van der Waals surface area contributed by atoms with E-state index in [0.717, 1.165) is 18.8 Å². The van der Waals surface area contributed by atoms with Crippen LogP contribution in [0.15, 0.2) is 59.6 Å². The summed E-state index contributed by atoms with van der Waals surface area (Å²) in [5, 5.41) is 3.39. The van der Waals surface area contributed by atoms with E-state index in [1.807, 2.05) is 42.5 Å². The maximum absolute atomic E-state index is 5.32. The zero-order valence-corrected chi connectivity index (χ0v) is 10.7. The van der Waals surface area contributed by atoms with Gasteiger partial charge >= 0.3 is 0 Å². The van der Waals surface area contributed by atoms with Crippen molar-refractivity contribution in [2.75, 3.05) is 0 Å². The summed E-state index contributed by atoms with van der Waals surface area (Å²) in [5.41, 5.74) is 13.9. The lowest BCUT2D eigenvalue weighted by atomic mass is 10.2. The number of nitrogens with two attached hydrogens (primary N) is 2. The van der Waals surface area contributed by atoms with E-state index in [1.165, 1.54) is 11.1 Å². The highest BCUT2D eigenvalue weighted by Crippen LogP contribution is 2.12. The van der Waals surface area contributed by atoms with Gasteiger partial charge in [0.2, 0.25) is 0 Å². The van der Waals surface area contributed by atoms with Gasteiger partial charge in [0.1, 0.15) is 0 Å². The summed E-state index contributed by atoms with van der Waals surface area (Å²) in [7, 11) is 0. The molecule has 0 aliphatic rings. The zero-order chi connectivity index (χ0) is 13.5. The first-order chi connectivity index (χ1) is 9.24. The van der Waals surface area contributed by atoms with Crippen LogP contribution >= 0.6 is 0 Å². The first-order valence-electron chi connectivity index (χ1n) is 6.17. The van der Waals surface area contributed by atoms with Gasteiger partial charge in [-0.1, -0.05) is 42.5 Å². The van der Waals surface area contributed by atoms with Gasteiger partial charge in [0.25, 0.3) is 0 Å². The number of nitrogens with one attached hydrogen (secondary N) is 1. The maximum atomic E-state index is 5.32. The number of benzene rings is 2. The molecular weight excluding hydrogens is 236 g/mol. The van der Waals surface area contributed by atoms with Gasteiger partial charge in [-0.25, -0.2) is 4.99 Å². The average molecular weight is 254 g/mol. The number of hydrogen-bond acceptors (Lipinski definition) is 2. The molecule has 0 unspecified atom stereocenters. The normalized spacial score (nSPS) is 10.1. The molecule has 0 aromatic heterocycles. The van der Waals surface area contributed by atoms with Crippen LogP contribution in [-0.2, 0) is 13.1 Å². The summed E-state index contributed by atoms with van der Waals surface area (Å²) >= 11 is 0. The van der Waals surface area contributed by atoms with Crippen molar-refractivity contribution in [1.29, 1.82) is 0 Å². The van der Waals surface area contributed by atoms with E-state index in [0.29, 0.717) is 0 Å². The van der Waals surface area contributed by atoms with Crippen molar-refractivity contribution in [2.24, 2.45) is 16.5 Å². The van der Waals surface area contributed by atoms with Gasteiger partial charge in [-0.05, 0) is 23.3 Å². The molecule has 0 heterocycles. The van der Waals surface area contributed by atoms with E-state index < -0.39 is 0 Å². The van der Waals surface area contributed by atoms with E-state index in [-0.39, 0.29) is 5.96 Å². The Morgan fingerprint density at radius 2 is 1.42 bits per heavy atom. The van der Waals surface area contributed by atoms with Gasteiger partial charge in [0.05, 0.1) is 5.69 Å². The summed E-state index contributed by atoms with van der Waals surface area (Å²) < 4.78 is 0. The standard InChI is InChI=1S/C15H18N4/c16-15(17)19-14-8-6-13(7-9-14)11-18-10-12-4-2-1-3-5-12/h1-9,18H,10-11H2,(H4,16,17,19). The van der Waals surface area contributed by atoms with E-state index in [2.05, 4.69) is 22.4 Å². The van der Waals surface area contributed by atoms with Crippen LogP contribution in [-0.4, -0.2) is 5.96 Å². The minimum atomic E-state index is 0.0787. The lowest BCUT2D eigenvalue weighted by Gasteiger charge is -2.05. The highest BCUT2D eigenvalue weighted by molar-refractivity contribution is 5.78. The molecule has 0 aliphatic carbocycles. The predicted molar refractivity (Wildman–Crippen MR) is 78.9 cm³/mol. The summed E-state index contributed by atoms with van der Waals surface area (Å²) in [4.78, 5) is 3.98. The Balaban J connectivity index is 1.85. The fourth-order valence-corrected chi connectivity index (χ4v) is 1.78. The quantitative estimate of drug-likeness (QED) is 0.563. The Hall–Kier alpha value is -2.33. The smallest absolute Gasteiger partial charge is 0.191 e. The lowest BCUT2D eigenvalue weighted by molar-refractivity contribution is 0.693. The molecule has 2 rings (SSSR count). The van der Waals surface area contributed by atoms with E-state index in [1.54, 1.807) is 0 Å². The van der Waals surface area contributed by atoms with Crippen molar-refractivity contribution < 1.29 is 0 Å². The molecular formula is C15H18N4. The Labute approximate surface area is 113 Å². The number of rotatable bonds is 5. The molecule has 2 aromatic carbocycles. The summed E-state index contributed by atoms with van der Waals surface area (Å²) in [6, 6.07) is 18.1. The monoisotopic (exact) mass is 254 g/mol. The predicted octanol–water partition coefficient (Wildman–Crippen LogP) is 1.88. The highest BCUT2D eigenvalue weighted by atomic mass is 15.0. The third kappa shape index (κ3) is 4.44. The topological polar surface area (TPSA) is 76.4 Å². The second-order valence-corrected chi connectivity index (χ2v) is 4.29. The number of nitrogens with zero attached hydrogens (tertiary/aromatic N) is 1. The molecule has 4 nitrogen and oxygen atoms in total. The van der Waals surface area contributed by atoms with Crippen molar-refractivity contribution in [3.8, 4) is 0 Å². The largest absolute Gasteiger partial charge is 0.370 e. The van der Waals surface area contributed by atoms with Gasteiger partial charge in [0.15, 0.2) is 5.96 Å². The lowest BCUT2D eigenvalue weighted by Crippen LogP contribution is -2.21. The van der Waals surface area contributed by atoms with Crippen molar-refractivity contribution in [2.45, 2.75) is 13.1 Å². The number of guanidine groups is 1. The summed E-state index contributed by atoms with van der Waals surface area (Å²) in [6.45, 7) is 1.67. The molecule has 19 heavy (non-hydrogen) atoms. The molecule has 0 saturated heterocycles. The van der Waals surface area contributed by atoms with Crippen LogP contribution in [0.2, 0.25) is 0 Å². The van der Waals surface area contributed by atoms with Crippen molar-refractivity contribution in [3.63, 3.8) is 0 Å². The van der Waals surface area contributed by atoms with Crippen molar-refractivity contribution >= 4 is 11.6 Å². The van der Waals surface area contributed by atoms with Crippen LogP contribution in [0.4, 0.5) is 5.69 Å². The minimum absolute atomic E-state index is 0.0787. The van der Waals surface area contributed by atoms with E-state index in [9.17, 15) is 0 Å². The molecule has 0 saturated carbocycles. The van der Waals surface area contributed by atoms with Crippen molar-refractivity contribution in [3.05, 3.63) is 65.7 Å². The molecule has 5 N–H and O–H groups in total. The van der Waals surface area contributed by atoms with E-state index in [4.69, 9.17) is 11.5 Å². The average Bonchev–Trinajstić information content (AvgIpc) is 2.41. The molecule has 0 radical (unpaired) electrons. The molecule has 0 atom stereocenters. The first-order valence-corrected chi connectivity index (χ1v) is 6.17. The van der Waals surface area contributed by atoms with Gasteiger partial charge < -0.3 is 16.8 Å². The van der Waals surface area contributed by atoms with Gasteiger partial charge in [-0.15, -0.1) is 0 Å². The molecule has 0 spiro atoms. The molecule has 0 bridgehead atoms. The number of hydrogen-bond donors (Lipinski definition) is 3. The van der Waals surface area contributed by atoms with Gasteiger partial charge in [0, 0.05) is 13.1 Å². The second kappa shape index (κ2) is 6.56. The highest BCUT2D eigenvalue weighted by Gasteiger charge is 1.95.